The van der Waals surface area contributed by atoms with Gasteiger partial charge in [-0.1, -0.05) is 29.4 Å². The topological polar surface area (TPSA) is 65.1 Å². The quantitative estimate of drug-likeness (QED) is 0.217. The number of furan rings is 1. The van der Waals surface area contributed by atoms with Gasteiger partial charge in [-0.25, -0.2) is 4.98 Å². The fraction of sp³-hybridized carbons (Fsp3) is 0.208. The zero-order valence-corrected chi connectivity index (χ0v) is 19.0. The maximum atomic E-state index is 13.2. The molecule has 2 aromatic heterocycles. The van der Waals surface area contributed by atoms with Gasteiger partial charge in [-0.2, -0.15) is 0 Å². The van der Waals surface area contributed by atoms with Crippen molar-refractivity contribution in [1.82, 2.24) is 9.55 Å². The van der Waals surface area contributed by atoms with Crippen LogP contribution >= 0.6 is 23.4 Å². The molecular weight excluding hydrogens is 432 g/mol. The molecule has 0 saturated heterocycles. The Hall–Kier alpha value is -2.83. The number of halogens is 1. The number of carbonyl (C=O) groups is 1. The Morgan fingerprint density at radius 1 is 1.10 bits per heavy atom. The van der Waals surface area contributed by atoms with Crippen LogP contribution in [-0.4, -0.2) is 21.1 Å². The van der Waals surface area contributed by atoms with Crippen LogP contribution in [0.2, 0.25) is 5.02 Å². The molecule has 4 aromatic rings. The number of thioether (sulfide) groups is 1. The number of hydrogen-bond donors (Lipinski definition) is 0. The summed E-state index contributed by atoms with van der Waals surface area (Å²) in [7, 11) is 0. The Balaban J connectivity index is 1.71. The molecule has 0 radical (unpaired) electrons. The van der Waals surface area contributed by atoms with Crippen LogP contribution in [0.5, 0.6) is 0 Å². The van der Waals surface area contributed by atoms with E-state index in [1.165, 1.54) is 11.8 Å². The van der Waals surface area contributed by atoms with E-state index in [0.717, 1.165) is 16.7 Å². The second kappa shape index (κ2) is 8.73. The third-order valence-electron chi connectivity index (χ3n) is 5.25. The Bertz CT molecular complexity index is 1340. The first kappa shape index (κ1) is 21.4. The van der Waals surface area contributed by atoms with Crippen LogP contribution in [0.3, 0.4) is 0 Å². The summed E-state index contributed by atoms with van der Waals surface area (Å²) in [5, 5.41) is 1.42. The van der Waals surface area contributed by atoms with Gasteiger partial charge in [0, 0.05) is 10.6 Å². The highest BCUT2D eigenvalue weighted by molar-refractivity contribution is 7.99. The molecule has 0 saturated carbocycles. The van der Waals surface area contributed by atoms with Gasteiger partial charge in [-0.05, 0) is 73.9 Å². The van der Waals surface area contributed by atoms with Crippen molar-refractivity contribution in [3.8, 4) is 0 Å². The van der Waals surface area contributed by atoms with Crippen molar-refractivity contribution in [3.05, 3.63) is 92.1 Å². The highest BCUT2D eigenvalue weighted by atomic mass is 35.5. The maximum Gasteiger partial charge on any atom is 0.262 e. The minimum absolute atomic E-state index is 0.00408. The summed E-state index contributed by atoms with van der Waals surface area (Å²) >= 11 is 7.35. The summed E-state index contributed by atoms with van der Waals surface area (Å²) in [6.45, 7) is 6.20. The van der Waals surface area contributed by atoms with Gasteiger partial charge in [0.05, 0.1) is 29.5 Å². The van der Waals surface area contributed by atoms with E-state index in [2.05, 4.69) is 4.98 Å². The molecule has 5 nitrogen and oxygen atoms in total. The number of rotatable bonds is 6. The molecule has 0 spiro atoms. The third-order valence-corrected chi connectivity index (χ3v) is 6.46. The van der Waals surface area contributed by atoms with Crippen LogP contribution in [0.15, 0.2) is 63.1 Å². The lowest BCUT2D eigenvalue weighted by Gasteiger charge is -2.13. The van der Waals surface area contributed by atoms with Crippen molar-refractivity contribution in [2.75, 3.05) is 5.75 Å². The van der Waals surface area contributed by atoms with E-state index >= 15 is 0 Å². The average Bonchev–Trinajstić information content (AvgIpc) is 3.24. The number of nitrogens with zero attached hydrogens (tertiary/aromatic N) is 2. The van der Waals surface area contributed by atoms with Gasteiger partial charge in [-0.15, -0.1) is 0 Å². The molecule has 7 heteroatoms. The minimum Gasteiger partial charge on any atom is -0.467 e. The number of aromatic nitrogens is 2. The van der Waals surface area contributed by atoms with Crippen LogP contribution in [-0.2, 0) is 6.54 Å². The number of aryl methyl sites for hydroxylation is 3. The minimum atomic E-state index is -0.199. The van der Waals surface area contributed by atoms with Gasteiger partial charge in [0.25, 0.3) is 5.56 Å². The number of ketones is 1. The number of benzene rings is 2. The first-order valence-electron chi connectivity index (χ1n) is 9.80. The van der Waals surface area contributed by atoms with E-state index in [1.54, 1.807) is 41.2 Å². The smallest absolute Gasteiger partial charge is 0.262 e. The van der Waals surface area contributed by atoms with Gasteiger partial charge in [0.15, 0.2) is 10.9 Å². The number of Topliss-reactive ketones (excluding diaryl/α,β-unsaturated/α-hetero) is 1. The predicted molar refractivity (Wildman–Crippen MR) is 125 cm³/mol. The molecule has 0 atom stereocenters. The largest absolute Gasteiger partial charge is 0.467 e. The summed E-state index contributed by atoms with van der Waals surface area (Å²) in [6.07, 6.45) is 1.56. The molecule has 0 amide bonds. The predicted octanol–water partition coefficient (Wildman–Crippen LogP) is 5.59. The standard InChI is InChI=1S/C24H21ClN2O3S/c1-14-9-16(3)20(10-15(14)2)22(28)13-31-24-26-21-11-17(25)6-7-19(21)23(29)27(24)12-18-5-4-8-30-18/h4-11H,12-13H2,1-3H3. The summed E-state index contributed by atoms with van der Waals surface area (Å²) < 4.78 is 6.97. The van der Waals surface area contributed by atoms with Crippen molar-refractivity contribution in [1.29, 1.82) is 0 Å². The van der Waals surface area contributed by atoms with Crippen molar-refractivity contribution >= 4 is 40.0 Å². The van der Waals surface area contributed by atoms with E-state index in [4.69, 9.17) is 16.0 Å². The summed E-state index contributed by atoms with van der Waals surface area (Å²) in [5.74, 6) is 0.797. The molecule has 2 aromatic carbocycles. The van der Waals surface area contributed by atoms with Crippen molar-refractivity contribution < 1.29 is 9.21 Å². The van der Waals surface area contributed by atoms with E-state index in [1.807, 2.05) is 32.9 Å². The van der Waals surface area contributed by atoms with E-state index in [-0.39, 0.29) is 23.6 Å². The molecule has 0 N–H and O–H groups in total. The van der Waals surface area contributed by atoms with E-state index in [0.29, 0.717) is 32.4 Å². The van der Waals surface area contributed by atoms with Gasteiger partial charge in [0.2, 0.25) is 0 Å². The Kier molecular flexibility index (Phi) is 6.03. The van der Waals surface area contributed by atoms with Crippen LogP contribution in [0.4, 0.5) is 0 Å². The van der Waals surface area contributed by atoms with Gasteiger partial charge in [-0.3, -0.25) is 14.2 Å². The molecule has 0 bridgehead atoms. The maximum absolute atomic E-state index is 13.2. The van der Waals surface area contributed by atoms with Crippen molar-refractivity contribution in [2.45, 2.75) is 32.5 Å². The molecule has 158 valence electrons. The second-order valence-electron chi connectivity index (χ2n) is 7.49. The lowest BCUT2D eigenvalue weighted by Crippen LogP contribution is -2.24. The van der Waals surface area contributed by atoms with Gasteiger partial charge >= 0.3 is 0 Å². The van der Waals surface area contributed by atoms with Crippen molar-refractivity contribution in [3.63, 3.8) is 0 Å². The molecule has 31 heavy (non-hydrogen) atoms. The normalized spacial score (nSPS) is 11.2. The lowest BCUT2D eigenvalue weighted by molar-refractivity contribution is 0.102. The average molecular weight is 453 g/mol. The molecule has 0 aliphatic heterocycles. The Morgan fingerprint density at radius 3 is 2.61 bits per heavy atom. The SMILES string of the molecule is Cc1cc(C)c(C(=O)CSc2nc3cc(Cl)ccc3c(=O)n2Cc2ccco2)cc1C. The number of hydrogen-bond acceptors (Lipinski definition) is 5. The van der Waals surface area contributed by atoms with Gasteiger partial charge < -0.3 is 4.42 Å². The summed E-state index contributed by atoms with van der Waals surface area (Å²) in [5.41, 5.74) is 4.18. The number of fused-ring (bicyclic) bond motifs is 1. The monoisotopic (exact) mass is 452 g/mol. The van der Waals surface area contributed by atoms with E-state index in [9.17, 15) is 9.59 Å². The molecular formula is C24H21ClN2O3S. The summed E-state index contributed by atoms with van der Waals surface area (Å²) in [4.78, 5) is 30.8. The molecule has 0 fully saturated rings. The molecule has 0 aliphatic carbocycles. The van der Waals surface area contributed by atoms with Crippen LogP contribution in [0, 0.1) is 20.8 Å². The second-order valence-corrected chi connectivity index (χ2v) is 8.87. The third kappa shape index (κ3) is 4.45. The Morgan fingerprint density at radius 2 is 1.87 bits per heavy atom. The van der Waals surface area contributed by atoms with Crippen LogP contribution in [0.25, 0.3) is 10.9 Å². The highest BCUT2D eigenvalue weighted by Gasteiger charge is 2.17. The van der Waals surface area contributed by atoms with Crippen LogP contribution < -0.4 is 5.56 Å². The van der Waals surface area contributed by atoms with Gasteiger partial charge in [0.1, 0.15) is 5.76 Å². The lowest BCUT2D eigenvalue weighted by atomic mass is 9.99. The van der Waals surface area contributed by atoms with Crippen LogP contribution in [0.1, 0.15) is 32.8 Å². The Labute approximate surface area is 189 Å². The number of carbonyl (C=O) groups excluding carboxylic acids is 1. The molecule has 2 heterocycles. The fourth-order valence-electron chi connectivity index (χ4n) is 3.45. The molecule has 0 aliphatic rings. The first-order chi connectivity index (χ1) is 14.8. The zero-order chi connectivity index (χ0) is 22.1. The highest BCUT2D eigenvalue weighted by Crippen LogP contribution is 2.24. The molecule has 0 unspecified atom stereocenters. The first-order valence-corrected chi connectivity index (χ1v) is 11.2. The van der Waals surface area contributed by atoms with Crippen molar-refractivity contribution in [2.24, 2.45) is 0 Å². The zero-order valence-electron chi connectivity index (χ0n) is 17.4. The van der Waals surface area contributed by atoms with E-state index < -0.39 is 0 Å². The summed E-state index contributed by atoms with van der Waals surface area (Å²) in [6, 6.07) is 12.5. The molecule has 4 rings (SSSR count). The fourth-order valence-corrected chi connectivity index (χ4v) is 4.50.